The van der Waals surface area contributed by atoms with Crippen LogP contribution in [0.1, 0.15) is 36.8 Å². The highest BCUT2D eigenvalue weighted by Gasteiger charge is 2.19. The molecular formula is C13H14N2O3S. The number of hydrogen-bond donors (Lipinski definition) is 1. The molecule has 19 heavy (non-hydrogen) atoms. The predicted molar refractivity (Wildman–Crippen MR) is 70.5 cm³/mol. The van der Waals surface area contributed by atoms with E-state index in [1.54, 1.807) is 6.07 Å². The maximum atomic E-state index is 11.2. The number of carboxylic acid groups (broad SMARTS) is 1. The summed E-state index contributed by atoms with van der Waals surface area (Å²) in [6.07, 6.45) is 3.00. The molecule has 6 heteroatoms. The predicted octanol–water partition coefficient (Wildman–Crippen LogP) is 3.22. The Bertz CT molecular complexity index is 588. The Hall–Kier alpha value is -1.82. The van der Waals surface area contributed by atoms with Crippen molar-refractivity contribution in [2.24, 2.45) is 0 Å². The van der Waals surface area contributed by atoms with Gasteiger partial charge >= 0.3 is 5.97 Å². The summed E-state index contributed by atoms with van der Waals surface area (Å²) in [5, 5.41) is 10.2. The van der Waals surface area contributed by atoms with Gasteiger partial charge in [0.15, 0.2) is 0 Å². The van der Waals surface area contributed by atoms with Crippen LogP contribution in [0.5, 0.6) is 0 Å². The van der Waals surface area contributed by atoms with Crippen LogP contribution in [0.15, 0.2) is 39.3 Å². The summed E-state index contributed by atoms with van der Waals surface area (Å²) in [6, 6.07) is 3.12. The minimum atomic E-state index is -0.970. The van der Waals surface area contributed by atoms with Gasteiger partial charge in [-0.05, 0) is 23.9 Å². The first-order valence-corrected chi connectivity index (χ1v) is 6.51. The molecule has 2 aromatic rings. The third-order valence-electron chi connectivity index (χ3n) is 2.42. The van der Waals surface area contributed by atoms with E-state index in [0.717, 1.165) is 5.69 Å². The fourth-order valence-electron chi connectivity index (χ4n) is 1.42. The number of pyridine rings is 1. The van der Waals surface area contributed by atoms with E-state index in [1.165, 1.54) is 30.3 Å². The van der Waals surface area contributed by atoms with E-state index in [4.69, 9.17) is 9.52 Å². The van der Waals surface area contributed by atoms with Crippen molar-refractivity contribution in [3.63, 3.8) is 0 Å². The van der Waals surface area contributed by atoms with Crippen LogP contribution in [0.3, 0.4) is 0 Å². The summed E-state index contributed by atoms with van der Waals surface area (Å²) >= 11 is 1.20. The molecule has 0 fully saturated rings. The molecule has 0 atom stereocenters. The Morgan fingerprint density at radius 2 is 2.11 bits per heavy atom. The van der Waals surface area contributed by atoms with Gasteiger partial charge in [0, 0.05) is 11.1 Å². The van der Waals surface area contributed by atoms with Crippen molar-refractivity contribution in [1.82, 2.24) is 9.97 Å². The molecule has 0 bridgehead atoms. The van der Waals surface area contributed by atoms with Crippen LogP contribution in [-0.4, -0.2) is 21.0 Å². The molecule has 0 aliphatic heterocycles. The third kappa shape index (κ3) is 3.35. The molecule has 0 aliphatic carbocycles. The maximum absolute atomic E-state index is 11.2. The zero-order chi connectivity index (χ0) is 14.0. The van der Waals surface area contributed by atoms with Gasteiger partial charge in [0.25, 0.3) is 5.22 Å². The minimum Gasteiger partial charge on any atom is -0.478 e. The summed E-state index contributed by atoms with van der Waals surface area (Å²) in [6.45, 7) is 5.96. The molecule has 0 saturated carbocycles. The summed E-state index contributed by atoms with van der Waals surface area (Å²) in [5.41, 5.74) is 0.715. The minimum absolute atomic E-state index is 0.217. The molecule has 0 spiro atoms. The van der Waals surface area contributed by atoms with E-state index < -0.39 is 5.97 Å². The molecule has 0 aromatic carbocycles. The third-order valence-corrected chi connectivity index (χ3v) is 3.21. The first-order valence-electron chi connectivity index (χ1n) is 5.69. The summed E-state index contributed by atoms with van der Waals surface area (Å²) in [7, 11) is 0. The molecular weight excluding hydrogens is 264 g/mol. The molecule has 0 aliphatic rings. The van der Waals surface area contributed by atoms with Crippen LogP contribution in [0.2, 0.25) is 0 Å². The van der Waals surface area contributed by atoms with Gasteiger partial charge in [-0.3, -0.25) is 0 Å². The van der Waals surface area contributed by atoms with Crippen molar-refractivity contribution in [2.45, 2.75) is 36.4 Å². The van der Waals surface area contributed by atoms with Crippen LogP contribution in [0, 0.1) is 0 Å². The largest absolute Gasteiger partial charge is 0.478 e. The lowest BCUT2D eigenvalue weighted by atomic mass is 9.91. The highest BCUT2D eigenvalue weighted by atomic mass is 32.2. The molecule has 2 heterocycles. The quantitative estimate of drug-likeness (QED) is 0.929. The van der Waals surface area contributed by atoms with Gasteiger partial charge in [0.2, 0.25) is 0 Å². The first kappa shape index (κ1) is 13.6. The Kier molecular flexibility index (Phi) is 3.61. The second-order valence-corrected chi connectivity index (χ2v) is 6.01. The number of aromatic nitrogens is 2. The molecule has 2 rings (SSSR count). The lowest BCUT2D eigenvalue weighted by Gasteiger charge is -2.18. The number of carboxylic acids is 1. The van der Waals surface area contributed by atoms with Crippen LogP contribution in [-0.2, 0) is 5.41 Å². The Labute approximate surface area is 115 Å². The SMILES string of the molecule is CC(C)(C)c1cc(C(=O)O)cc(Sc2ncco2)n1. The van der Waals surface area contributed by atoms with Crippen molar-refractivity contribution in [2.75, 3.05) is 0 Å². The van der Waals surface area contributed by atoms with Crippen LogP contribution in [0.4, 0.5) is 0 Å². The van der Waals surface area contributed by atoms with Crippen LogP contribution >= 0.6 is 11.8 Å². The monoisotopic (exact) mass is 278 g/mol. The molecule has 1 N–H and O–H groups in total. The van der Waals surface area contributed by atoms with Crippen molar-refractivity contribution in [3.05, 3.63) is 35.9 Å². The maximum Gasteiger partial charge on any atom is 0.335 e. The number of oxazole rings is 1. The highest BCUT2D eigenvalue weighted by molar-refractivity contribution is 7.99. The Morgan fingerprint density at radius 1 is 1.37 bits per heavy atom. The van der Waals surface area contributed by atoms with Gasteiger partial charge in [-0.1, -0.05) is 20.8 Å². The molecule has 100 valence electrons. The zero-order valence-electron chi connectivity index (χ0n) is 10.9. The first-order chi connectivity index (χ1) is 8.86. The summed E-state index contributed by atoms with van der Waals surface area (Å²) in [4.78, 5) is 19.6. The smallest absolute Gasteiger partial charge is 0.335 e. The van der Waals surface area contributed by atoms with Gasteiger partial charge in [0.1, 0.15) is 11.3 Å². The lowest BCUT2D eigenvalue weighted by molar-refractivity contribution is 0.0696. The van der Waals surface area contributed by atoms with E-state index >= 15 is 0 Å². The van der Waals surface area contributed by atoms with Gasteiger partial charge < -0.3 is 9.52 Å². The summed E-state index contributed by atoms with van der Waals surface area (Å²) in [5.74, 6) is -0.970. The normalized spacial score (nSPS) is 11.5. The van der Waals surface area contributed by atoms with Crippen molar-refractivity contribution >= 4 is 17.7 Å². The van der Waals surface area contributed by atoms with Gasteiger partial charge in [0.05, 0.1) is 11.8 Å². The molecule has 2 aromatic heterocycles. The second kappa shape index (κ2) is 5.05. The van der Waals surface area contributed by atoms with Gasteiger partial charge in [-0.15, -0.1) is 0 Å². The summed E-state index contributed by atoms with van der Waals surface area (Å²) < 4.78 is 5.13. The number of aromatic carboxylic acids is 1. The van der Waals surface area contributed by atoms with Crippen LogP contribution < -0.4 is 0 Å². The highest BCUT2D eigenvalue weighted by Crippen LogP contribution is 2.29. The van der Waals surface area contributed by atoms with Crippen molar-refractivity contribution in [3.8, 4) is 0 Å². The van der Waals surface area contributed by atoms with E-state index in [1.807, 2.05) is 20.8 Å². The van der Waals surface area contributed by atoms with E-state index in [2.05, 4.69) is 9.97 Å². The Morgan fingerprint density at radius 3 is 2.63 bits per heavy atom. The van der Waals surface area contributed by atoms with Gasteiger partial charge in [-0.25, -0.2) is 14.8 Å². The fraction of sp³-hybridized carbons (Fsp3) is 0.308. The number of carbonyl (C=O) groups is 1. The fourth-order valence-corrected chi connectivity index (χ4v) is 2.14. The number of hydrogen-bond acceptors (Lipinski definition) is 5. The Balaban J connectivity index is 2.42. The standard InChI is InChI=1S/C13H14N2O3S/c1-13(2,3)9-6-8(11(16)17)7-10(15-9)19-12-14-4-5-18-12/h4-7H,1-3H3,(H,16,17). The number of nitrogens with zero attached hydrogens (tertiary/aromatic N) is 2. The van der Waals surface area contributed by atoms with Crippen molar-refractivity contribution in [1.29, 1.82) is 0 Å². The average molecular weight is 278 g/mol. The molecule has 0 amide bonds. The topological polar surface area (TPSA) is 76.2 Å². The zero-order valence-corrected chi connectivity index (χ0v) is 11.7. The average Bonchev–Trinajstić information content (AvgIpc) is 2.80. The van der Waals surface area contributed by atoms with E-state index in [9.17, 15) is 4.79 Å². The molecule has 0 radical (unpaired) electrons. The molecule has 0 saturated heterocycles. The van der Waals surface area contributed by atoms with Crippen molar-refractivity contribution < 1.29 is 14.3 Å². The molecule has 0 unspecified atom stereocenters. The molecule has 5 nitrogen and oxygen atoms in total. The van der Waals surface area contributed by atoms with E-state index in [0.29, 0.717) is 10.2 Å². The van der Waals surface area contributed by atoms with Gasteiger partial charge in [-0.2, -0.15) is 0 Å². The number of rotatable bonds is 3. The van der Waals surface area contributed by atoms with Crippen LogP contribution in [0.25, 0.3) is 0 Å². The second-order valence-electron chi connectivity index (χ2n) is 5.03. The lowest BCUT2D eigenvalue weighted by Crippen LogP contribution is -2.15. The van der Waals surface area contributed by atoms with E-state index in [-0.39, 0.29) is 11.0 Å².